The zero-order valence-electron chi connectivity index (χ0n) is 15.7. The molecule has 0 aliphatic heterocycles. The maximum atomic E-state index is 11.7. The second-order valence-electron chi connectivity index (χ2n) is 6.33. The van der Waals surface area contributed by atoms with Gasteiger partial charge in [0.2, 0.25) is 0 Å². The van der Waals surface area contributed by atoms with E-state index in [4.69, 9.17) is 4.18 Å². The van der Waals surface area contributed by atoms with E-state index in [-0.39, 0.29) is 43.5 Å². The molecule has 0 aliphatic rings. The van der Waals surface area contributed by atoms with Crippen LogP contribution in [0, 0.1) is 0 Å². The molecule has 0 N–H and O–H groups in total. The fourth-order valence-corrected chi connectivity index (χ4v) is 3.59. The van der Waals surface area contributed by atoms with Gasteiger partial charge < -0.3 is 0 Å². The minimum absolute atomic E-state index is 0. The summed E-state index contributed by atoms with van der Waals surface area (Å²) in [6.07, 6.45) is 16.2. The quantitative estimate of drug-likeness (QED) is 0.193. The van der Waals surface area contributed by atoms with Crippen LogP contribution in [0.15, 0.2) is 0 Å². The number of hydrogen-bond acceptors (Lipinski definition) is 3. The molecule has 5 heteroatoms. The second-order valence-corrected chi connectivity index (χ2v) is 8.09. The molecule has 0 aromatic rings. The normalized spacial score (nSPS) is 11.4. The molecule has 0 bridgehead atoms. The van der Waals surface area contributed by atoms with Crippen molar-refractivity contribution in [3.8, 4) is 0 Å². The van der Waals surface area contributed by atoms with Crippen molar-refractivity contribution < 1.29 is 12.6 Å². The third-order valence-electron chi connectivity index (χ3n) is 4.01. The van der Waals surface area contributed by atoms with Gasteiger partial charge in [-0.15, -0.1) is 0 Å². The van der Waals surface area contributed by atoms with Gasteiger partial charge >= 0.3 is 0 Å². The Morgan fingerprint density at radius 1 is 0.609 bits per heavy atom. The number of hydrogen-bond donors (Lipinski definition) is 0. The topological polar surface area (TPSA) is 43.4 Å². The smallest absolute Gasteiger partial charge is 0.267 e. The SMILES string of the molecule is CCCCCCCCCOS(=O)(=O)CCCCCCCCC.[Ca]. The molecule has 136 valence electrons. The molecule has 23 heavy (non-hydrogen) atoms. The van der Waals surface area contributed by atoms with E-state index < -0.39 is 10.1 Å². The molecule has 0 rings (SSSR count). The van der Waals surface area contributed by atoms with Crippen molar-refractivity contribution in [3.05, 3.63) is 0 Å². The van der Waals surface area contributed by atoms with Crippen molar-refractivity contribution in [1.82, 2.24) is 0 Å². The van der Waals surface area contributed by atoms with E-state index in [1.165, 1.54) is 57.8 Å². The summed E-state index contributed by atoms with van der Waals surface area (Å²) in [5.74, 6) is 0.192. The Morgan fingerprint density at radius 2 is 1.00 bits per heavy atom. The van der Waals surface area contributed by atoms with Crippen LogP contribution in [-0.2, 0) is 14.3 Å². The van der Waals surface area contributed by atoms with Crippen LogP contribution in [0.25, 0.3) is 0 Å². The zero-order chi connectivity index (χ0) is 16.5. The molecular weight excluding hydrogens is 336 g/mol. The Balaban J connectivity index is 0. The van der Waals surface area contributed by atoms with E-state index >= 15 is 0 Å². The first kappa shape index (κ1) is 26.4. The third kappa shape index (κ3) is 21.1. The van der Waals surface area contributed by atoms with Gasteiger partial charge in [0.1, 0.15) is 0 Å². The van der Waals surface area contributed by atoms with Crippen molar-refractivity contribution in [2.75, 3.05) is 12.4 Å². The molecule has 0 spiro atoms. The van der Waals surface area contributed by atoms with E-state index in [2.05, 4.69) is 13.8 Å². The molecule has 0 amide bonds. The summed E-state index contributed by atoms with van der Waals surface area (Å²) in [7, 11) is -3.28. The number of unbranched alkanes of at least 4 members (excludes halogenated alkanes) is 12. The Morgan fingerprint density at radius 3 is 1.48 bits per heavy atom. The molecule has 0 aliphatic carbocycles. The van der Waals surface area contributed by atoms with Crippen molar-refractivity contribution in [2.24, 2.45) is 0 Å². The second kappa shape index (κ2) is 19.5. The van der Waals surface area contributed by atoms with Gasteiger partial charge in [0.15, 0.2) is 0 Å². The first-order valence-corrected chi connectivity index (χ1v) is 11.1. The minimum Gasteiger partial charge on any atom is -0.270 e. The predicted molar refractivity (Wildman–Crippen MR) is 101 cm³/mol. The van der Waals surface area contributed by atoms with Crippen LogP contribution >= 0.6 is 0 Å². The van der Waals surface area contributed by atoms with Crippen LogP contribution in [0.4, 0.5) is 0 Å². The van der Waals surface area contributed by atoms with Crippen molar-refractivity contribution in [2.45, 2.75) is 104 Å². The average molecular weight is 375 g/mol. The molecule has 0 heterocycles. The number of rotatable bonds is 17. The van der Waals surface area contributed by atoms with Gasteiger partial charge in [0, 0.05) is 37.7 Å². The summed E-state index contributed by atoms with van der Waals surface area (Å²) in [5.41, 5.74) is 0. The van der Waals surface area contributed by atoms with Crippen LogP contribution < -0.4 is 0 Å². The third-order valence-corrected chi connectivity index (χ3v) is 5.32. The van der Waals surface area contributed by atoms with Gasteiger partial charge in [-0.25, -0.2) is 0 Å². The Labute approximate surface area is 175 Å². The van der Waals surface area contributed by atoms with Crippen LogP contribution in [0.1, 0.15) is 104 Å². The van der Waals surface area contributed by atoms with E-state index in [0.29, 0.717) is 6.61 Å². The molecule has 0 unspecified atom stereocenters. The van der Waals surface area contributed by atoms with Crippen molar-refractivity contribution >= 4 is 47.9 Å². The van der Waals surface area contributed by atoms with Crippen molar-refractivity contribution in [1.29, 1.82) is 0 Å². The standard InChI is InChI=1S/C18H38O3S.Ca/c1-3-5-7-9-11-13-15-17-21-22(19,20)18-16-14-12-10-8-6-4-2;/h3-18H2,1-2H3;. The van der Waals surface area contributed by atoms with Gasteiger partial charge in [-0.1, -0.05) is 90.9 Å². The van der Waals surface area contributed by atoms with E-state index in [9.17, 15) is 8.42 Å². The maximum absolute atomic E-state index is 11.7. The Hall–Kier alpha value is 1.17. The zero-order valence-corrected chi connectivity index (χ0v) is 18.7. The molecule has 0 aromatic heterocycles. The predicted octanol–water partition coefficient (Wildman–Crippen LogP) is 5.45. The molecule has 0 fully saturated rings. The average Bonchev–Trinajstić information content (AvgIpc) is 2.49. The van der Waals surface area contributed by atoms with Crippen LogP contribution in [0.5, 0.6) is 0 Å². The fraction of sp³-hybridized carbons (Fsp3) is 1.00. The largest absolute Gasteiger partial charge is 0.270 e. The van der Waals surface area contributed by atoms with E-state index in [1.807, 2.05) is 0 Å². The van der Waals surface area contributed by atoms with Gasteiger partial charge in [0.05, 0.1) is 12.4 Å². The monoisotopic (exact) mass is 374 g/mol. The molecule has 0 atom stereocenters. The summed E-state index contributed by atoms with van der Waals surface area (Å²) < 4.78 is 28.5. The van der Waals surface area contributed by atoms with Gasteiger partial charge in [-0.05, 0) is 12.8 Å². The molecule has 3 nitrogen and oxygen atoms in total. The molecule has 0 saturated carbocycles. The maximum Gasteiger partial charge on any atom is 0.267 e. The summed E-state index contributed by atoms with van der Waals surface area (Å²) in [6, 6.07) is 0. The summed E-state index contributed by atoms with van der Waals surface area (Å²) in [5, 5.41) is 0. The van der Waals surface area contributed by atoms with Gasteiger partial charge in [-0.2, -0.15) is 8.42 Å². The first-order valence-electron chi connectivity index (χ1n) is 9.49. The van der Waals surface area contributed by atoms with Gasteiger partial charge in [0.25, 0.3) is 10.1 Å². The molecular formula is C18H38CaO3S. The molecule has 2 radical (unpaired) electrons. The van der Waals surface area contributed by atoms with Crippen LogP contribution in [0.3, 0.4) is 0 Å². The molecule has 0 saturated heterocycles. The summed E-state index contributed by atoms with van der Waals surface area (Å²) in [4.78, 5) is 0. The van der Waals surface area contributed by atoms with Crippen LogP contribution in [-0.4, -0.2) is 58.5 Å². The Kier molecular flexibility index (Phi) is 22.4. The molecule has 0 aromatic carbocycles. The Bertz CT molecular complexity index is 318. The van der Waals surface area contributed by atoms with Gasteiger partial charge in [-0.3, -0.25) is 4.18 Å². The summed E-state index contributed by atoms with van der Waals surface area (Å²) in [6.45, 7) is 4.78. The fourth-order valence-electron chi connectivity index (χ4n) is 2.54. The first-order chi connectivity index (χ1) is 10.6. The minimum atomic E-state index is -3.28. The summed E-state index contributed by atoms with van der Waals surface area (Å²) >= 11 is 0. The van der Waals surface area contributed by atoms with Crippen LogP contribution in [0.2, 0.25) is 0 Å². The van der Waals surface area contributed by atoms with Crippen molar-refractivity contribution in [3.63, 3.8) is 0 Å². The van der Waals surface area contributed by atoms with E-state index in [1.54, 1.807) is 0 Å². The van der Waals surface area contributed by atoms with E-state index in [0.717, 1.165) is 32.1 Å².